The molecule has 3 aromatic rings. The first kappa shape index (κ1) is 20.7. The maximum absolute atomic E-state index is 12.7. The van der Waals surface area contributed by atoms with Gasteiger partial charge in [-0.25, -0.2) is 4.98 Å². The van der Waals surface area contributed by atoms with Crippen molar-refractivity contribution in [1.82, 2.24) is 20.2 Å². The first-order valence-electron chi connectivity index (χ1n) is 9.73. The van der Waals surface area contributed by atoms with E-state index in [1.807, 2.05) is 29.2 Å². The number of hydrogen-bond donors (Lipinski definition) is 2. The maximum Gasteiger partial charge on any atom is 0.417 e. The molecule has 0 bridgehead atoms. The van der Waals surface area contributed by atoms with Crippen molar-refractivity contribution in [2.45, 2.75) is 6.18 Å². The largest absolute Gasteiger partial charge is 0.417 e. The van der Waals surface area contributed by atoms with Crippen LogP contribution in [0.4, 0.5) is 19.0 Å². The zero-order valence-corrected chi connectivity index (χ0v) is 16.4. The maximum atomic E-state index is 12.7. The average Bonchev–Trinajstić information content (AvgIpc) is 3.21. The molecule has 0 spiro atoms. The van der Waals surface area contributed by atoms with Crippen LogP contribution in [0, 0.1) is 0 Å². The van der Waals surface area contributed by atoms with Gasteiger partial charge in [0.1, 0.15) is 5.82 Å². The highest BCUT2D eigenvalue weighted by atomic mass is 19.4. The number of halogens is 3. The van der Waals surface area contributed by atoms with E-state index in [4.69, 9.17) is 0 Å². The lowest BCUT2D eigenvalue weighted by Crippen LogP contribution is -2.51. The van der Waals surface area contributed by atoms with Gasteiger partial charge in [0.15, 0.2) is 0 Å². The number of alkyl halides is 3. The molecule has 0 unspecified atom stereocenters. The zero-order chi connectivity index (χ0) is 22.0. The summed E-state index contributed by atoms with van der Waals surface area (Å²) in [5, 5.41) is 3.44. The van der Waals surface area contributed by atoms with Gasteiger partial charge < -0.3 is 20.1 Å². The Balaban J connectivity index is 1.29. The molecule has 1 aliphatic rings. The summed E-state index contributed by atoms with van der Waals surface area (Å²) in [5.41, 5.74) is 0.518. The number of fused-ring (bicyclic) bond motifs is 1. The first-order valence-corrected chi connectivity index (χ1v) is 9.73. The predicted octanol–water partition coefficient (Wildman–Crippen LogP) is 2.66. The van der Waals surface area contributed by atoms with Crippen molar-refractivity contribution in [2.24, 2.45) is 0 Å². The lowest BCUT2D eigenvalue weighted by Gasteiger charge is -2.35. The third kappa shape index (κ3) is 4.47. The molecule has 1 aromatic carbocycles. The standard InChI is InChI=1S/C21H20F3N5O2/c22-21(23,24)14-5-6-18(26-11-14)28-7-9-29(10-8-28)19(30)13-27-20(31)16-12-25-17-4-2-1-3-15(16)17/h1-6,11-12,25H,7-10,13H2,(H,27,31). The van der Waals surface area contributed by atoms with Crippen molar-refractivity contribution < 1.29 is 22.8 Å². The van der Waals surface area contributed by atoms with Gasteiger partial charge in [-0.2, -0.15) is 13.2 Å². The van der Waals surface area contributed by atoms with E-state index < -0.39 is 11.7 Å². The summed E-state index contributed by atoms with van der Waals surface area (Å²) >= 11 is 0. The van der Waals surface area contributed by atoms with Gasteiger partial charge in [0.25, 0.3) is 5.91 Å². The smallest absolute Gasteiger partial charge is 0.360 e. The number of H-pyrrole nitrogens is 1. The summed E-state index contributed by atoms with van der Waals surface area (Å²) in [6.45, 7) is 1.55. The average molecular weight is 431 g/mol. The second kappa shape index (κ2) is 8.29. The summed E-state index contributed by atoms with van der Waals surface area (Å²) < 4.78 is 38.0. The van der Waals surface area contributed by atoms with Gasteiger partial charge in [-0.1, -0.05) is 18.2 Å². The number of aromatic nitrogens is 2. The molecule has 162 valence electrons. The third-order valence-electron chi connectivity index (χ3n) is 5.27. The van der Waals surface area contributed by atoms with Crippen LogP contribution in [0.15, 0.2) is 48.8 Å². The van der Waals surface area contributed by atoms with Crippen LogP contribution < -0.4 is 10.2 Å². The van der Waals surface area contributed by atoms with Gasteiger partial charge in [-0.15, -0.1) is 0 Å². The lowest BCUT2D eigenvalue weighted by atomic mass is 10.1. The number of hydrogen-bond acceptors (Lipinski definition) is 4. The molecule has 2 amide bonds. The molecule has 1 saturated heterocycles. The molecule has 7 nitrogen and oxygen atoms in total. The Hall–Kier alpha value is -3.56. The minimum absolute atomic E-state index is 0.128. The van der Waals surface area contributed by atoms with E-state index in [9.17, 15) is 22.8 Å². The van der Waals surface area contributed by atoms with Crippen molar-refractivity contribution in [3.05, 3.63) is 59.9 Å². The minimum Gasteiger partial charge on any atom is -0.360 e. The Labute approximate surface area is 175 Å². The number of piperazine rings is 1. The fourth-order valence-electron chi connectivity index (χ4n) is 3.55. The molecule has 0 atom stereocenters. The number of carbonyl (C=O) groups is 2. The highest BCUT2D eigenvalue weighted by Crippen LogP contribution is 2.29. The Morgan fingerprint density at radius 2 is 1.81 bits per heavy atom. The Morgan fingerprint density at radius 3 is 2.48 bits per heavy atom. The molecule has 0 radical (unpaired) electrons. The molecular weight excluding hydrogens is 411 g/mol. The zero-order valence-electron chi connectivity index (χ0n) is 16.4. The molecule has 31 heavy (non-hydrogen) atoms. The summed E-state index contributed by atoms with van der Waals surface area (Å²) in [6.07, 6.45) is -2.00. The van der Waals surface area contributed by atoms with Gasteiger partial charge in [0, 0.05) is 49.5 Å². The normalized spacial score (nSPS) is 14.7. The van der Waals surface area contributed by atoms with E-state index in [1.54, 1.807) is 11.1 Å². The molecule has 1 fully saturated rings. The lowest BCUT2D eigenvalue weighted by molar-refractivity contribution is -0.137. The van der Waals surface area contributed by atoms with Crippen LogP contribution in [0.1, 0.15) is 15.9 Å². The van der Waals surface area contributed by atoms with E-state index in [0.29, 0.717) is 37.6 Å². The third-order valence-corrected chi connectivity index (χ3v) is 5.27. The van der Waals surface area contributed by atoms with E-state index in [1.165, 1.54) is 6.07 Å². The Morgan fingerprint density at radius 1 is 1.06 bits per heavy atom. The predicted molar refractivity (Wildman–Crippen MR) is 109 cm³/mol. The molecule has 2 aromatic heterocycles. The van der Waals surface area contributed by atoms with Crippen LogP contribution in [0.5, 0.6) is 0 Å². The Bertz CT molecular complexity index is 1090. The fourth-order valence-corrected chi connectivity index (χ4v) is 3.55. The van der Waals surface area contributed by atoms with Crippen LogP contribution >= 0.6 is 0 Å². The monoisotopic (exact) mass is 431 g/mol. The van der Waals surface area contributed by atoms with Crippen molar-refractivity contribution in [1.29, 1.82) is 0 Å². The SMILES string of the molecule is O=C(NCC(=O)N1CCN(c2ccc(C(F)(F)F)cn2)CC1)c1c[nH]c2ccccc12. The van der Waals surface area contributed by atoms with Crippen molar-refractivity contribution >= 4 is 28.5 Å². The molecule has 3 heterocycles. The summed E-state index contributed by atoms with van der Waals surface area (Å²) in [7, 11) is 0. The van der Waals surface area contributed by atoms with E-state index in [0.717, 1.165) is 23.2 Å². The van der Waals surface area contributed by atoms with E-state index in [2.05, 4.69) is 15.3 Å². The summed E-state index contributed by atoms with van der Waals surface area (Å²) in [5.74, 6) is -0.112. The van der Waals surface area contributed by atoms with Crippen LogP contribution in [0.2, 0.25) is 0 Å². The van der Waals surface area contributed by atoms with Gasteiger partial charge in [0.05, 0.1) is 17.7 Å². The molecular formula is C21H20F3N5O2. The summed E-state index contributed by atoms with van der Waals surface area (Å²) in [6, 6.07) is 9.73. The minimum atomic E-state index is -4.42. The number of amides is 2. The number of carbonyl (C=O) groups excluding carboxylic acids is 2. The topological polar surface area (TPSA) is 81.3 Å². The number of benzene rings is 1. The molecule has 10 heteroatoms. The van der Waals surface area contributed by atoms with Crippen molar-refractivity contribution in [3.8, 4) is 0 Å². The number of pyridine rings is 1. The van der Waals surface area contributed by atoms with E-state index in [-0.39, 0.29) is 18.4 Å². The number of rotatable bonds is 4. The molecule has 0 aliphatic carbocycles. The number of nitrogens with zero attached hydrogens (tertiary/aromatic N) is 3. The number of anilines is 1. The quantitative estimate of drug-likeness (QED) is 0.666. The van der Waals surface area contributed by atoms with Crippen LogP contribution in [0.3, 0.4) is 0 Å². The van der Waals surface area contributed by atoms with E-state index >= 15 is 0 Å². The summed E-state index contributed by atoms with van der Waals surface area (Å²) in [4.78, 5) is 35.3. The van der Waals surface area contributed by atoms with Crippen molar-refractivity contribution in [3.63, 3.8) is 0 Å². The number of para-hydroxylation sites is 1. The van der Waals surface area contributed by atoms with Crippen LogP contribution in [-0.2, 0) is 11.0 Å². The second-order valence-corrected chi connectivity index (χ2v) is 7.20. The first-order chi connectivity index (χ1) is 14.8. The molecule has 2 N–H and O–H groups in total. The number of nitrogens with one attached hydrogen (secondary N) is 2. The van der Waals surface area contributed by atoms with Gasteiger partial charge in [-0.05, 0) is 18.2 Å². The second-order valence-electron chi connectivity index (χ2n) is 7.20. The molecule has 4 rings (SSSR count). The van der Waals surface area contributed by atoms with Crippen molar-refractivity contribution in [2.75, 3.05) is 37.6 Å². The molecule has 1 aliphatic heterocycles. The highest BCUT2D eigenvalue weighted by molar-refractivity contribution is 6.07. The number of aromatic amines is 1. The van der Waals surface area contributed by atoms with Gasteiger partial charge in [-0.3, -0.25) is 9.59 Å². The van der Waals surface area contributed by atoms with Gasteiger partial charge >= 0.3 is 6.18 Å². The van der Waals surface area contributed by atoms with Crippen LogP contribution in [0.25, 0.3) is 10.9 Å². The van der Waals surface area contributed by atoms with Crippen LogP contribution in [-0.4, -0.2) is 59.4 Å². The molecule has 0 saturated carbocycles. The van der Waals surface area contributed by atoms with Gasteiger partial charge in [0.2, 0.25) is 5.91 Å². The highest BCUT2D eigenvalue weighted by Gasteiger charge is 2.31. The fraction of sp³-hybridized carbons (Fsp3) is 0.286. The Kier molecular flexibility index (Phi) is 5.53.